The average molecular weight is 221 g/mol. The van der Waals surface area contributed by atoms with Gasteiger partial charge in [-0.15, -0.1) is 0 Å². The second-order valence-electron chi connectivity index (χ2n) is 4.47. The van der Waals surface area contributed by atoms with Gasteiger partial charge in [-0.25, -0.2) is 4.98 Å². The fourth-order valence-electron chi connectivity index (χ4n) is 1.96. The molecular formula is C12H19N3O. The average Bonchev–Trinajstić information content (AvgIpc) is 2.28. The van der Waals surface area contributed by atoms with E-state index >= 15 is 0 Å². The van der Waals surface area contributed by atoms with Gasteiger partial charge in [-0.1, -0.05) is 0 Å². The minimum Gasteiger partial charge on any atom is -0.493 e. The smallest absolute Gasteiger partial charge is 0.126 e. The highest BCUT2D eigenvalue weighted by atomic mass is 16.5. The molecule has 0 bridgehead atoms. The quantitative estimate of drug-likeness (QED) is 0.838. The molecule has 1 aliphatic rings. The highest BCUT2D eigenvalue weighted by Crippen LogP contribution is 2.19. The number of hydrogen-bond donors (Lipinski definition) is 1. The summed E-state index contributed by atoms with van der Waals surface area (Å²) in [4.78, 5) is 6.30. The maximum absolute atomic E-state index is 5.72. The van der Waals surface area contributed by atoms with Crippen molar-refractivity contribution in [2.75, 3.05) is 32.5 Å². The van der Waals surface area contributed by atoms with Crippen LogP contribution in [0.2, 0.25) is 0 Å². The normalized spacial score (nSPS) is 18.6. The monoisotopic (exact) mass is 221 g/mol. The third-order valence-electron chi connectivity index (χ3n) is 3.08. The van der Waals surface area contributed by atoms with E-state index < -0.39 is 0 Å². The van der Waals surface area contributed by atoms with Crippen LogP contribution in [0.1, 0.15) is 12.8 Å². The number of rotatable bonds is 3. The van der Waals surface area contributed by atoms with E-state index in [0.717, 1.165) is 12.4 Å². The molecular weight excluding hydrogens is 202 g/mol. The standard InChI is InChI=1S/C12H19N3O/c1-15-6-3-10(4-7-15)9-16-11-2-5-14-12(13)8-11/h2,5,8,10H,3-4,6-7,9H2,1H3,(H2,13,14). The number of pyridine rings is 1. The number of anilines is 1. The number of likely N-dealkylation sites (tertiary alicyclic amines) is 1. The number of hydrogen-bond acceptors (Lipinski definition) is 4. The minimum atomic E-state index is 0.515. The Hall–Kier alpha value is -1.29. The van der Waals surface area contributed by atoms with Gasteiger partial charge in [0.05, 0.1) is 6.61 Å². The summed E-state index contributed by atoms with van der Waals surface area (Å²) in [5.74, 6) is 2.01. The molecule has 1 aromatic heterocycles. The molecule has 2 N–H and O–H groups in total. The highest BCUT2D eigenvalue weighted by Gasteiger charge is 2.16. The van der Waals surface area contributed by atoms with Crippen LogP contribution >= 0.6 is 0 Å². The maximum Gasteiger partial charge on any atom is 0.126 e. The summed E-state index contributed by atoms with van der Waals surface area (Å²) in [5, 5.41) is 0. The van der Waals surface area contributed by atoms with E-state index in [2.05, 4.69) is 16.9 Å². The van der Waals surface area contributed by atoms with Gasteiger partial charge < -0.3 is 15.4 Å². The summed E-state index contributed by atoms with van der Waals surface area (Å²) in [6, 6.07) is 3.63. The Morgan fingerprint density at radius 3 is 2.94 bits per heavy atom. The van der Waals surface area contributed by atoms with Crippen molar-refractivity contribution in [3.63, 3.8) is 0 Å². The van der Waals surface area contributed by atoms with E-state index in [4.69, 9.17) is 10.5 Å². The summed E-state index contributed by atoms with van der Waals surface area (Å²) in [5.41, 5.74) is 5.59. The van der Waals surface area contributed by atoms with Crippen molar-refractivity contribution in [3.05, 3.63) is 18.3 Å². The number of nitrogen functional groups attached to an aromatic ring is 1. The SMILES string of the molecule is CN1CCC(COc2ccnc(N)c2)CC1. The summed E-state index contributed by atoms with van der Waals surface area (Å²) < 4.78 is 5.72. The van der Waals surface area contributed by atoms with Crippen LogP contribution in [0.4, 0.5) is 5.82 Å². The van der Waals surface area contributed by atoms with E-state index in [-0.39, 0.29) is 0 Å². The number of nitrogens with two attached hydrogens (primary N) is 1. The van der Waals surface area contributed by atoms with Gasteiger partial charge in [-0.3, -0.25) is 0 Å². The van der Waals surface area contributed by atoms with E-state index in [0.29, 0.717) is 11.7 Å². The van der Waals surface area contributed by atoms with Crippen LogP contribution in [-0.4, -0.2) is 36.6 Å². The van der Waals surface area contributed by atoms with E-state index in [9.17, 15) is 0 Å². The zero-order chi connectivity index (χ0) is 11.4. The Bertz CT molecular complexity index is 335. The lowest BCUT2D eigenvalue weighted by atomic mass is 9.98. The fraction of sp³-hybridized carbons (Fsp3) is 0.583. The molecule has 4 nitrogen and oxygen atoms in total. The second-order valence-corrected chi connectivity index (χ2v) is 4.47. The van der Waals surface area contributed by atoms with Crippen LogP contribution in [0, 0.1) is 5.92 Å². The molecule has 0 saturated carbocycles. The third kappa shape index (κ3) is 3.10. The van der Waals surface area contributed by atoms with Crippen LogP contribution in [0.5, 0.6) is 5.75 Å². The van der Waals surface area contributed by atoms with Gasteiger partial charge in [-0.2, -0.15) is 0 Å². The Morgan fingerprint density at radius 1 is 1.50 bits per heavy atom. The van der Waals surface area contributed by atoms with Crippen LogP contribution in [-0.2, 0) is 0 Å². The minimum absolute atomic E-state index is 0.515. The summed E-state index contributed by atoms with van der Waals surface area (Å²) in [6.45, 7) is 3.14. The zero-order valence-corrected chi connectivity index (χ0v) is 9.72. The van der Waals surface area contributed by atoms with Gasteiger partial charge in [0.25, 0.3) is 0 Å². The van der Waals surface area contributed by atoms with Crippen LogP contribution in [0.25, 0.3) is 0 Å². The number of nitrogens with zero attached hydrogens (tertiary/aromatic N) is 2. The molecule has 2 heterocycles. The molecule has 4 heteroatoms. The summed E-state index contributed by atoms with van der Waals surface area (Å²) in [6.07, 6.45) is 4.12. The lowest BCUT2D eigenvalue weighted by Crippen LogP contribution is -2.32. The Balaban J connectivity index is 1.79. The largest absolute Gasteiger partial charge is 0.493 e. The zero-order valence-electron chi connectivity index (χ0n) is 9.72. The van der Waals surface area contributed by atoms with Crippen molar-refractivity contribution in [2.45, 2.75) is 12.8 Å². The number of piperidine rings is 1. The molecule has 1 saturated heterocycles. The van der Waals surface area contributed by atoms with Gasteiger partial charge in [0.15, 0.2) is 0 Å². The van der Waals surface area contributed by atoms with Gasteiger partial charge in [0.2, 0.25) is 0 Å². The Morgan fingerprint density at radius 2 is 2.25 bits per heavy atom. The number of ether oxygens (including phenoxy) is 1. The second kappa shape index (κ2) is 5.16. The molecule has 0 aromatic carbocycles. The van der Waals surface area contributed by atoms with Gasteiger partial charge in [0, 0.05) is 12.3 Å². The van der Waals surface area contributed by atoms with Crippen molar-refractivity contribution in [1.82, 2.24) is 9.88 Å². The lowest BCUT2D eigenvalue weighted by Gasteiger charge is -2.28. The summed E-state index contributed by atoms with van der Waals surface area (Å²) >= 11 is 0. The molecule has 2 rings (SSSR count). The molecule has 88 valence electrons. The Kier molecular flexibility index (Phi) is 3.62. The van der Waals surface area contributed by atoms with E-state index in [1.807, 2.05) is 6.07 Å². The molecule has 0 amide bonds. The van der Waals surface area contributed by atoms with E-state index in [1.54, 1.807) is 12.3 Å². The van der Waals surface area contributed by atoms with Crippen LogP contribution < -0.4 is 10.5 Å². The molecule has 16 heavy (non-hydrogen) atoms. The van der Waals surface area contributed by atoms with Crippen molar-refractivity contribution in [1.29, 1.82) is 0 Å². The predicted octanol–water partition coefficient (Wildman–Crippen LogP) is 1.38. The fourth-order valence-corrected chi connectivity index (χ4v) is 1.96. The molecule has 0 spiro atoms. The molecule has 0 radical (unpaired) electrons. The molecule has 0 atom stereocenters. The molecule has 0 aliphatic carbocycles. The van der Waals surface area contributed by atoms with E-state index in [1.165, 1.54) is 25.9 Å². The van der Waals surface area contributed by atoms with Crippen LogP contribution in [0.3, 0.4) is 0 Å². The van der Waals surface area contributed by atoms with Crippen LogP contribution in [0.15, 0.2) is 18.3 Å². The first kappa shape index (κ1) is 11.2. The summed E-state index contributed by atoms with van der Waals surface area (Å²) in [7, 11) is 2.17. The maximum atomic E-state index is 5.72. The Labute approximate surface area is 96.4 Å². The van der Waals surface area contributed by atoms with Gasteiger partial charge in [-0.05, 0) is 45.0 Å². The highest BCUT2D eigenvalue weighted by molar-refractivity contribution is 5.35. The first-order valence-corrected chi connectivity index (χ1v) is 5.77. The van der Waals surface area contributed by atoms with Crippen molar-refractivity contribution < 1.29 is 4.74 Å². The first-order valence-electron chi connectivity index (χ1n) is 5.77. The van der Waals surface area contributed by atoms with Crippen molar-refractivity contribution >= 4 is 5.82 Å². The topological polar surface area (TPSA) is 51.4 Å². The molecule has 0 unspecified atom stereocenters. The van der Waals surface area contributed by atoms with Crippen molar-refractivity contribution in [2.24, 2.45) is 5.92 Å². The first-order chi connectivity index (χ1) is 7.74. The predicted molar refractivity (Wildman–Crippen MR) is 64.4 cm³/mol. The molecule has 1 fully saturated rings. The van der Waals surface area contributed by atoms with Crippen molar-refractivity contribution in [3.8, 4) is 5.75 Å². The molecule has 1 aliphatic heterocycles. The van der Waals surface area contributed by atoms with Gasteiger partial charge in [0.1, 0.15) is 11.6 Å². The lowest BCUT2D eigenvalue weighted by molar-refractivity contribution is 0.160. The molecule has 1 aromatic rings. The van der Waals surface area contributed by atoms with Gasteiger partial charge >= 0.3 is 0 Å². The number of aromatic nitrogens is 1. The third-order valence-corrected chi connectivity index (χ3v) is 3.08.